The molecule has 0 N–H and O–H groups in total. The zero-order chi connectivity index (χ0) is 11.5. The van der Waals surface area contributed by atoms with Gasteiger partial charge in [-0.3, -0.25) is 4.98 Å². The number of likely N-dealkylation sites (N-methyl/N-ethyl adjacent to an activating group) is 1. The Morgan fingerprint density at radius 1 is 1.25 bits per heavy atom. The molecule has 3 heteroatoms. The lowest BCUT2D eigenvalue weighted by atomic mass is 10.2. The topological polar surface area (TPSA) is 19.4 Å². The molecule has 16 heavy (non-hydrogen) atoms. The van der Waals surface area contributed by atoms with Crippen LogP contribution in [0.15, 0.2) is 24.9 Å². The zero-order valence-corrected chi connectivity index (χ0v) is 10.1. The van der Waals surface area contributed by atoms with Crippen LogP contribution in [-0.4, -0.2) is 43.1 Å². The molecule has 0 atom stereocenters. The number of rotatable bonds is 2. The second kappa shape index (κ2) is 4.66. The molecule has 0 spiro atoms. The third-order valence-corrected chi connectivity index (χ3v) is 3.05. The van der Waals surface area contributed by atoms with Gasteiger partial charge in [0.05, 0.1) is 17.6 Å². The molecule has 0 bridgehead atoms. The highest BCUT2D eigenvalue weighted by Crippen LogP contribution is 2.17. The fourth-order valence-corrected chi connectivity index (χ4v) is 1.89. The number of aromatic nitrogens is 1. The van der Waals surface area contributed by atoms with E-state index in [-0.39, 0.29) is 0 Å². The Morgan fingerprint density at radius 3 is 2.44 bits per heavy atom. The molecule has 1 aromatic rings. The van der Waals surface area contributed by atoms with Gasteiger partial charge in [-0.15, -0.1) is 0 Å². The quantitative estimate of drug-likeness (QED) is 0.754. The van der Waals surface area contributed by atoms with Crippen LogP contribution in [0.4, 0.5) is 5.69 Å². The van der Waals surface area contributed by atoms with Crippen molar-refractivity contribution in [2.45, 2.75) is 6.92 Å². The van der Waals surface area contributed by atoms with E-state index in [4.69, 9.17) is 0 Å². The normalized spacial score (nSPS) is 17.5. The second-order valence-corrected chi connectivity index (χ2v) is 4.47. The lowest BCUT2D eigenvalue weighted by Crippen LogP contribution is -2.44. The third kappa shape index (κ3) is 2.42. The first-order chi connectivity index (χ1) is 7.66. The van der Waals surface area contributed by atoms with Gasteiger partial charge in [-0.1, -0.05) is 6.58 Å². The fraction of sp³-hybridized carbons (Fsp3) is 0.462. The number of piperazine rings is 1. The van der Waals surface area contributed by atoms with Crippen molar-refractivity contribution in [2.24, 2.45) is 0 Å². The molecule has 0 saturated carbocycles. The van der Waals surface area contributed by atoms with E-state index in [0.717, 1.165) is 37.4 Å². The average Bonchev–Trinajstić information content (AvgIpc) is 2.30. The van der Waals surface area contributed by atoms with Gasteiger partial charge < -0.3 is 9.80 Å². The van der Waals surface area contributed by atoms with Crippen LogP contribution in [0, 0.1) is 0 Å². The number of allylic oxidation sites excluding steroid dienone is 1. The molecule has 2 rings (SSSR count). The molecular weight excluding hydrogens is 198 g/mol. The van der Waals surface area contributed by atoms with Gasteiger partial charge >= 0.3 is 0 Å². The Bertz CT molecular complexity index is 361. The van der Waals surface area contributed by atoms with Crippen molar-refractivity contribution < 1.29 is 0 Å². The summed E-state index contributed by atoms with van der Waals surface area (Å²) in [5.74, 6) is 0. The maximum atomic E-state index is 4.42. The van der Waals surface area contributed by atoms with Gasteiger partial charge in [-0.2, -0.15) is 0 Å². The zero-order valence-electron chi connectivity index (χ0n) is 10.1. The summed E-state index contributed by atoms with van der Waals surface area (Å²) in [7, 11) is 2.17. The van der Waals surface area contributed by atoms with E-state index in [1.165, 1.54) is 5.69 Å². The van der Waals surface area contributed by atoms with Crippen LogP contribution < -0.4 is 4.90 Å². The summed E-state index contributed by atoms with van der Waals surface area (Å²) in [5, 5.41) is 0. The summed E-state index contributed by atoms with van der Waals surface area (Å²) in [6.45, 7) is 10.3. The summed E-state index contributed by atoms with van der Waals surface area (Å²) in [4.78, 5) is 9.16. The summed E-state index contributed by atoms with van der Waals surface area (Å²) < 4.78 is 0. The number of nitrogens with zero attached hydrogens (tertiary/aromatic N) is 3. The van der Waals surface area contributed by atoms with Crippen molar-refractivity contribution in [2.75, 3.05) is 38.1 Å². The van der Waals surface area contributed by atoms with Crippen LogP contribution in [0.1, 0.15) is 12.6 Å². The lowest BCUT2D eigenvalue weighted by Gasteiger charge is -2.33. The Hall–Kier alpha value is -1.35. The third-order valence-electron chi connectivity index (χ3n) is 3.05. The molecule has 1 fully saturated rings. The minimum atomic E-state index is 0.984. The Morgan fingerprint density at radius 2 is 1.94 bits per heavy atom. The number of hydrogen-bond acceptors (Lipinski definition) is 3. The molecule has 0 aliphatic carbocycles. The van der Waals surface area contributed by atoms with Crippen molar-refractivity contribution in [1.82, 2.24) is 9.88 Å². The maximum Gasteiger partial charge on any atom is 0.0654 e. The highest BCUT2D eigenvalue weighted by atomic mass is 15.2. The van der Waals surface area contributed by atoms with Gasteiger partial charge in [0, 0.05) is 26.2 Å². The predicted octanol–water partition coefficient (Wildman–Crippen LogP) is 1.87. The lowest BCUT2D eigenvalue weighted by molar-refractivity contribution is 0.313. The molecule has 0 radical (unpaired) electrons. The van der Waals surface area contributed by atoms with Crippen molar-refractivity contribution in [3.63, 3.8) is 0 Å². The monoisotopic (exact) mass is 217 g/mol. The summed E-state index contributed by atoms with van der Waals surface area (Å²) in [5.41, 5.74) is 3.22. The van der Waals surface area contributed by atoms with E-state index in [1.807, 2.05) is 13.1 Å². The Kier molecular flexibility index (Phi) is 3.25. The number of pyridine rings is 1. The highest BCUT2D eigenvalue weighted by Gasteiger charge is 2.14. The van der Waals surface area contributed by atoms with Gasteiger partial charge in [-0.25, -0.2) is 0 Å². The molecular formula is C13H19N3. The summed E-state index contributed by atoms with van der Waals surface area (Å²) in [6, 6.07) is 4.19. The van der Waals surface area contributed by atoms with Crippen LogP contribution in [-0.2, 0) is 0 Å². The Labute approximate surface area is 97.4 Å². The van der Waals surface area contributed by atoms with E-state index in [1.54, 1.807) is 0 Å². The van der Waals surface area contributed by atoms with Gasteiger partial charge in [0.15, 0.2) is 0 Å². The smallest absolute Gasteiger partial charge is 0.0654 e. The standard InChI is InChI=1S/C13H19N3/c1-11(2)13-5-4-12(10-14-13)16-8-6-15(3)7-9-16/h4-5,10H,1,6-9H2,2-3H3. The van der Waals surface area contributed by atoms with E-state index < -0.39 is 0 Å². The molecule has 0 amide bonds. The first-order valence-corrected chi connectivity index (χ1v) is 5.72. The first kappa shape index (κ1) is 11.1. The van der Waals surface area contributed by atoms with Gasteiger partial charge in [0.25, 0.3) is 0 Å². The van der Waals surface area contributed by atoms with E-state index in [9.17, 15) is 0 Å². The van der Waals surface area contributed by atoms with Crippen LogP contribution in [0.3, 0.4) is 0 Å². The summed E-state index contributed by atoms with van der Waals surface area (Å²) in [6.07, 6.45) is 1.95. The van der Waals surface area contributed by atoms with Crippen LogP contribution in [0.25, 0.3) is 5.57 Å². The van der Waals surface area contributed by atoms with Gasteiger partial charge in [-0.05, 0) is 31.7 Å². The molecule has 3 nitrogen and oxygen atoms in total. The average molecular weight is 217 g/mol. The molecule has 1 aliphatic heterocycles. The van der Waals surface area contributed by atoms with Crippen molar-refractivity contribution >= 4 is 11.3 Å². The van der Waals surface area contributed by atoms with Crippen LogP contribution in [0.2, 0.25) is 0 Å². The highest BCUT2D eigenvalue weighted by molar-refractivity contribution is 5.59. The molecule has 0 aromatic carbocycles. The molecule has 2 heterocycles. The maximum absolute atomic E-state index is 4.42. The molecule has 86 valence electrons. The predicted molar refractivity (Wildman–Crippen MR) is 68.7 cm³/mol. The first-order valence-electron chi connectivity index (χ1n) is 5.72. The molecule has 1 saturated heterocycles. The largest absolute Gasteiger partial charge is 0.368 e. The SMILES string of the molecule is C=C(C)c1ccc(N2CCN(C)CC2)cn1. The van der Waals surface area contributed by atoms with E-state index in [0.29, 0.717) is 0 Å². The van der Waals surface area contributed by atoms with E-state index >= 15 is 0 Å². The van der Waals surface area contributed by atoms with Gasteiger partial charge in [0.2, 0.25) is 0 Å². The molecule has 0 unspecified atom stereocenters. The number of hydrogen-bond donors (Lipinski definition) is 0. The molecule has 1 aliphatic rings. The fourth-order valence-electron chi connectivity index (χ4n) is 1.89. The van der Waals surface area contributed by atoms with Crippen molar-refractivity contribution in [3.8, 4) is 0 Å². The van der Waals surface area contributed by atoms with E-state index in [2.05, 4.69) is 40.5 Å². The van der Waals surface area contributed by atoms with Crippen LogP contribution >= 0.6 is 0 Å². The van der Waals surface area contributed by atoms with Crippen molar-refractivity contribution in [3.05, 3.63) is 30.6 Å². The van der Waals surface area contributed by atoms with Crippen molar-refractivity contribution in [1.29, 1.82) is 0 Å². The second-order valence-electron chi connectivity index (χ2n) is 4.47. The van der Waals surface area contributed by atoms with Gasteiger partial charge in [0.1, 0.15) is 0 Å². The minimum Gasteiger partial charge on any atom is -0.368 e. The van der Waals surface area contributed by atoms with Crippen LogP contribution in [0.5, 0.6) is 0 Å². The molecule has 1 aromatic heterocycles. The Balaban J connectivity index is 2.07. The number of anilines is 1. The summed E-state index contributed by atoms with van der Waals surface area (Å²) >= 11 is 0. The minimum absolute atomic E-state index is 0.984.